The highest BCUT2D eigenvalue weighted by atomic mass is 32.2. The second-order valence-corrected chi connectivity index (χ2v) is 9.73. The average Bonchev–Trinajstić information content (AvgIpc) is 2.81. The lowest BCUT2D eigenvalue weighted by molar-refractivity contribution is 0.102. The van der Waals surface area contributed by atoms with Gasteiger partial charge in [-0.1, -0.05) is 31.2 Å². The zero-order valence-electron chi connectivity index (χ0n) is 18.1. The number of carbonyl (C=O) groups is 1. The monoisotopic (exact) mass is 454 g/mol. The fourth-order valence-corrected chi connectivity index (χ4v) is 5.44. The van der Waals surface area contributed by atoms with Crippen LogP contribution in [0.2, 0.25) is 0 Å². The van der Waals surface area contributed by atoms with Crippen molar-refractivity contribution < 1.29 is 13.2 Å². The van der Waals surface area contributed by atoms with Gasteiger partial charge < -0.3 is 14.8 Å². The molecule has 1 N–H and O–H groups in total. The maximum Gasteiger partial charge on any atom is 0.256 e. The van der Waals surface area contributed by atoms with E-state index in [1.54, 1.807) is 43.4 Å². The summed E-state index contributed by atoms with van der Waals surface area (Å²) in [5.74, 6) is -0.468. The number of carbonyl (C=O) groups excluding carboxylic acids is 1. The summed E-state index contributed by atoms with van der Waals surface area (Å²) in [6, 6.07) is 14.7. The molecule has 2 aromatic carbocycles. The van der Waals surface area contributed by atoms with E-state index in [9.17, 15) is 18.0 Å². The molecule has 0 saturated carbocycles. The first-order valence-corrected chi connectivity index (χ1v) is 12.0. The lowest BCUT2D eigenvalue weighted by atomic mass is 10.1. The van der Waals surface area contributed by atoms with Crippen molar-refractivity contribution in [2.75, 3.05) is 38.0 Å². The molecule has 2 heterocycles. The SMILES string of the molecule is CCN1CCN(S(=O)(=O)c2cccc(NC(=O)c3cc(=O)n(C)c4ccccc34)c2)CC1. The number of aromatic nitrogens is 1. The maximum atomic E-state index is 13.1. The van der Waals surface area contributed by atoms with Crippen LogP contribution in [0.5, 0.6) is 0 Å². The minimum Gasteiger partial charge on any atom is -0.322 e. The Hall–Kier alpha value is -3.01. The Morgan fingerprint density at radius 3 is 2.44 bits per heavy atom. The summed E-state index contributed by atoms with van der Waals surface area (Å²) in [6.45, 7) is 5.22. The molecule has 0 aliphatic carbocycles. The molecule has 32 heavy (non-hydrogen) atoms. The Bertz CT molecular complexity index is 1330. The lowest BCUT2D eigenvalue weighted by Crippen LogP contribution is -2.48. The predicted octanol–water partition coefficient (Wildman–Crippen LogP) is 2.12. The molecule has 1 aliphatic rings. The third-order valence-corrected chi connectivity index (χ3v) is 7.80. The van der Waals surface area contributed by atoms with Crippen LogP contribution in [0.1, 0.15) is 17.3 Å². The van der Waals surface area contributed by atoms with Crippen molar-refractivity contribution in [3.8, 4) is 0 Å². The van der Waals surface area contributed by atoms with Crippen molar-refractivity contribution in [3.63, 3.8) is 0 Å². The van der Waals surface area contributed by atoms with Crippen LogP contribution >= 0.6 is 0 Å². The smallest absolute Gasteiger partial charge is 0.256 e. The van der Waals surface area contributed by atoms with Crippen LogP contribution in [0.4, 0.5) is 5.69 Å². The Morgan fingerprint density at radius 2 is 1.72 bits per heavy atom. The Morgan fingerprint density at radius 1 is 1.00 bits per heavy atom. The molecule has 1 aliphatic heterocycles. The molecule has 8 nitrogen and oxygen atoms in total. The van der Waals surface area contributed by atoms with Crippen LogP contribution < -0.4 is 10.9 Å². The van der Waals surface area contributed by atoms with E-state index in [1.807, 2.05) is 0 Å². The van der Waals surface area contributed by atoms with Gasteiger partial charge >= 0.3 is 0 Å². The number of rotatable bonds is 5. The van der Waals surface area contributed by atoms with Gasteiger partial charge in [-0.15, -0.1) is 0 Å². The quantitative estimate of drug-likeness (QED) is 0.638. The van der Waals surface area contributed by atoms with Gasteiger partial charge in [0.1, 0.15) is 0 Å². The summed E-state index contributed by atoms with van der Waals surface area (Å²) in [7, 11) is -2.01. The molecule has 0 atom stereocenters. The second kappa shape index (κ2) is 8.85. The number of nitrogens with one attached hydrogen (secondary N) is 1. The summed E-state index contributed by atoms with van der Waals surface area (Å²) in [6.07, 6.45) is 0. The van der Waals surface area contributed by atoms with E-state index in [1.165, 1.54) is 27.1 Å². The number of piperazine rings is 1. The van der Waals surface area contributed by atoms with Crippen molar-refractivity contribution >= 4 is 32.5 Å². The molecule has 1 aromatic heterocycles. The molecule has 0 unspecified atom stereocenters. The molecule has 1 fully saturated rings. The van der Waals surface area contributed by atoms with Crippen molar-refractivity contribution in [3.05, 3.63) is 70.5 Å². The standard InChI is InChI=1S/C23H26N4O4S/c1-3-26-11-13-27(14-12-26)32(30,31)18-8-6-7-17(15-18)24-23(29)20-16-22(28)25(2)21-10-5-4-9-19(20)21/h4-10,15-16H,3,11-14H2,1-2H3,(H,24,29). The molecular formula is C23H26N4O4S. The van der Waals surface area contributed by atoms with Gasteiger partial charge in [-0.05, 0) is 30.8 Å². The minimum atomic E-state index is -3.66. The molecule has 1 amide bonds. The number of benzene rings is 2. The van der Waals surface area contributed by atoms with Gasteiger partial charge in [0.2, 0.25) is 10.0 Å². The van der Waals surface area contributed by atoms with Crippen LogP contribution in [0.15, 0.2) is 64.3 Å². The Balaban J connectivity index is 1.60. The number of aryl methyl sites for hydroxylation is 1. The summed E-state index contributed by atoms with van der Waals surface area (Å²) in [5.41, 5.74) is 0.949. The van der Waals surface area contributed by atoms with Crippen molar-refractivity contribution in [2.45, 2.75) is 11.8 Å². The van der Waals surface area contributed by atoms with E-state index in [2.05, 4.69) is 17.1 Å². The number of fused-ring (bicyclic) bond motifs is 1. The van der Waals surface area contributed by atoms with Gasteiger partial charge in [-0.3, -0.25) is 9.59 Å². The largest absolute Gasteiger partial charge is 0.322 e. The number of hydrogen-bond acceptors (Lipinski definition) is 5. The number of nitrogens with zero attached hydrogens (tertiary/aromatic N) is 3. The topological polar surface area (TPSA) is 91.7 Å². The molecule has 3 aromatic rings. The van der Waals surface area contributed by atoms with Gasteiger partial charge in [-0.25, -0.2) is 8.42 Å². The summed E-state index contributed by atoms with van der Waals surface area (Å²) in [4.78, 5) is 27.6. The average molecular weight is 455 g/mol. The fraction of sp³-hybridized carbons (Fsp3) is 0.304. The summed E-state index contributed by atoms with van der Waals surface area (Å²) in [5, 5.41) is 3.39. The molecule has 0 spiro atoms. The van der Waals surface area contributed by atoms with Crippen LogP contribution in [-0.4, -0.2) is 60.8 Å². The van der Waals surface area contributed by atoms with Crippen LogP contribution in [0, 0.1) is 0 Å². The zero-order chi connectivity index (χ0) is 22.9. The van der Waals surface area contributed by atoms with Crippen molar-refractivity contribution in [2.24, 2.45) is 7.05 Å². The number of anilines is 1. The van der Waals surface area contributed by atoms with E-state index < -0.39 is 15.9 Å². The number of hydrogen-bond donors (Lipinski definition) is 1. The van der Waals surface area contributed by atoms with E-state index in [0.717, 1.165) is 6.54 Å². The molecule has 0 radical (unpaired) electrons. The van der Waals surface area contributed by atoms with Crippen molar-refractivity contribution in [1.82, 2.24) is 13.8 Å². The van der Waals surface area contributed by atoms with Gasteiger partial charge in [0.05, 0.1) is 16.0 Å². The first-order chi connectivity index (χ1) is 15.3. The maximum absolute atomic E-state index is 13.1. The normalized spacial score (nSPS) is 15.7. The highest BCUT2D eigenvalue weighted by Gasteiger charge is 2.28. The third-order valence-electron chi connectivity index (χ3n) is 5.91. The van der Waals surface area contributed by atoms with E-state index in [0.29, 0.717) is 42.8 Å². The molecule has 1 saturated heterocycles. The second-order valence-electron chi connectivity index (χ2n) is 7.79. The van der Waals surface area contributed by atoms with E-state index in [4.69, 9.17) is 0 Å². The number of sulfonamides is 1. The first-order valence-electron chi connectivity index (χ1n) is 10.5. The van der Waals surface area contributed by atoms with Gasteiger partial charge in [0.15, 0.2) is 0 Å². The number of para-hydroxylation sites is 1. The van der Waals surface area contributed by atoms with Gasteiger partial charge in [0.25, 0.3) is 11.5 Å². The van der Waals surface area contributed by atoms with E-state index >= 15 is 0 Å². The lowest BCUT2D eigenvalue weighted by Gasteiger charge is -2.33. The van der Waals surface area contributed by atoms with Gasteiger partial charge in [0, 0.05) is 50.4 Å². The van der Waals surface area contributed by atoms with Crippen LogP contribution in [0.25, 0.3) is 10.9 Å². The third kappa shape index (κ3) is 4.19. The fourth-order valence-electron chi connectivity index (χ4n) is 3.97. The summed E-state index contributed by atoms with van der Waals surface area (Å²) < 4.78 is 29.2. The Kier molecular flexibility index (Phi) is 6.14. The minimum absolute atomic E-state index is 0.133. The van der Waals surface area contributed by atoms with Crippen LogP contribution in [0.3, 0.4) is 0 Å². The molecule has 168 valence electrons. The summed E-state index contributed by atoms with van der Waals surface area (Å²) >= 11 is 0. The van der Waals surface area contributed by atoms with Crippen molar-refractivity contribution in [1.29, 1.82) is 0 Å². The molecular weight excluding hydrogens is 428 g/mol. The number of amides is 1. The van der Waals surface area contributed by atoms with Crippen LogP contribution in [-0.2, 0) is 17.1 Å². The highest BCUT2D eigenvalue weighted by molar-refractivity contribution is 7.89. The number of likely N-dealkylation sites (N-methyl/N-ethyl adjacent to an activating group) is 1. The molecule has 4 rings (SSSR count). The highest BCUT2D eigenvalue weighted by Crippen LogP contribution is 2.22. The molecule has 0 bridgehead atoms. The molecule has 9 heteroatoms. The predicted molar refractivity (Wildman–Crippen MR) is 124 cm³/mol. The zero-order valence-corrected chi connectivity index (χ0v) is 18.9. The van der Waals surface area contributed by atoms with Gasteiger partial charge in [-0.2, -0.15) is 4.31 Å². The first kappa shape index (κ1) is 22.2. The Labute approximate surface area is 187 Å². The number of pyridine rings is 1. The van der Waals surface area contributed by atoms with E-state index in [-0.39, 0.29) is 16.0 Å².